The monoisotopic (exact) mass is 387 g/mol. The number of halogens is 1. The minimum Gasteiger partial charge on any atom is -0.369 e. The Kier molecular flexibility index (Phi) is 4.56. The lowest BCUT2D eigenvalue weighted by Crippen LogP contribution is -2.44. The van der Waals surface area contributed by atoms with Crippen molar-refractivity contribution in [3.8, 4) is 0 Å². The maximum atomic E-state index is 12.8. The van der Waals surface area contributed by atoms with E-state index in [2.05, 4.69) is 16.8 Å². The van der Waals surface area contributed by atoms with Crippen molar-refractivity contribution < 1.29 is 9.59 Å². The number of rotatable bonds is 3. The number of carbonyl (C=O) groups excluding carboxylic acids is 2. The number of amides is 2. The third-order valence-corrected chi connectivity index (χ3v) is 6.01. The van der Waals surface area contributed by atoms with E-state index in [0.29, 0.717) is 10.6 Å². The van der Waals surface area contributed by atoms with E-state index in [0.717, 1.165) is 36.8 Å². The Hall–Kier alpha value is -2.15. The van der Waals surface area contributed by atoms with E-state index in [1.807, 2.05) is 35.7 Å². The predicted molar refractivity (Wildman–Crippen MR) is 106 cm³/mol. The quantitative estimate of drug-likeness (QED) is 0.759. The summed E-state index contributed by atoms with van der Waals surface area (Å²) in [5, 5.41) is 1.85. The van der Waals surface area contributed by atoms with Crippen molar-refractivity contribution in [2.24, 2.45) is 0 Å². The smallest absolute Gasteiger partial charge is 0.277 e. The zero-order valence-electron chi connectivity index (χ0n) is 14.3. The maximum Gasteiger partial charge on any atom is 0.277 e. The van der Waals surface area contributed by atoms with Gasteiger partial charge in [0.25, 0.3) is 11.8 Å². The summed E-state index contributed by atoms with van der Waals surface area (Å²) in [5.41, 5.74) is 1.93. The number of carbonyl (C=O) groups is 2. The first-order valence-corrected chi connectivity index (χ1v) is 9.68. The Balaban J connectivity index is 1.57. The molecule has 7 heteroatoms. The molecule has 0 saturated carbocycles. The largest absolute Gasteiger partial charge is 0.369 e. The molecule has 0 spiro atoms. The number of benzene rings is 1. The molecule has 1 fully saturated rings. The molecule has 2 amide bonds. The zero-order valence-corrected chi connectivity index (χ0v) is 15.9. The molecule has 0 bridgehead atoms. The molecule has 1 aromatic heterocycles. The Morgan fingerprint density at radius 3 is 2.19 bits per heavy atom. The van der Waals surface area contributed by atoms with Crippen molar-refractivity contribution in [2.45, 2.75) is 0 Å². The first-order valence-electron chi connectivity index (χ1n) is 8.42. The second-order valence-corrected chi connectivity index (χ2v) is 7.74. The average molecular weight is 388 g/mol. The summed E-state index contributed by atoms with van der Waals surface area (Å²) in [6.07, 6.45) is 0. The van der Waals surface area contributed by atoms with Crippen LogP contribution in [0.2, 0.25) is 0 Å². The maximum absolute atomic E-state index is 12.8. The number of likely N-dealkylation sites (N-methyl/N-ethyl adjacent to an activating group) is 1. The highest BCUT2D eigenvalue weighted by Crippen LogP contribution is 2.37. The number of hydrogen-bond donors (Lipinski definition) is 0. The van der Waals surface area contributed by atoms with Crippen LogP contribution in [0.5, 0.6) is 0 Å². The van der Waals surface area contributed by atoms with E-state index in [-0.39, 0.29) is 16.5 Å². The van der Waals surface area contributed by atoms with Crippen LogP contribution in [0.1, 0.15) is 4.88 Å². The van der Waals surface area contributed by atoms with E-state index in [4.69, 9.17) is 11.6 Å². The van der Waals surface area contributed by atoms with Gasteiger partial charge in [0, 0.05) is 36.7 Å². The van der Waals surface area contributed by atoms with Crippen molar-refractivity contribution >= 4 is 51.7 Å². The second-order valence-electron chi connectivity index (χ2n) is 6.42. The van der Waals surface area contributed by atoms with Crippen LogP contribution in [-0.4, -0.2) is 49.9 Å². The highest BCUT2D eigenvalue weighted by molar-refractivity contribution is 7.11. The third-order valence-electron chi connectivity index (χ3n) is 4.77. The molecule has 0 N–H and O–H groups in total. The Bertz CT molecular complexity index is 869. The third kappa shape index (κ3) is 2.94. The van der Waals surface area contributed by atoms with Gasteiger partial charge in [-0.3, -0.25) is 9.59 Å². The van der Waals surface area contributed by atoms with Crippen LogP contribution in [0, 0.1) is 0 Å². The highest BCUT2D eigenvalue weighted by atomic mass is 35.5. The van der Waals surface area contributed by atoms with E-state index in [9.17, 15) is 9.59 Å². The first-order chi connectivity index (χ1) is 12.6. The van der Waals surface area contributed by atoms with Crippen molar-refractivity contribution in [3.63, 3.8) is 0 Å². The van der Waals surface area contributed by atoms with E-state index < -0.39 is 5.91 Å². The predicted octanol–water partition coefficient (Wildman–Crippen LogP) is 3.02. The SMILES string of the molecule is CN1CCN(c2ccc(N3C(=O)C(Cl)=C(c4cccs4)C3=O)cc2)CC1. The highest BCUT2D eigenvalue weighted by Gasteiger charge is 2.39. The molecule has 2 aromatic rings. The van der Waals surface area contributed by atoms with Gasteiger partial charge in [-0.1, -0.05) is 17.7 Å². The van der Waals surface area contributed by atoms with Crippen LogP contribution in [0.4, 0.5) is 11.4 Å². The van der Waals surface area contributed by atoms with E-state index in [1.165, 1.54) is 11.3 Å². The van der Waals surface area contributed by atoms with E-state index >= 15 is 0 Å². The van der Waals surface area contributed by atoms with Gasteiger partial charge in [-0.25, -0.2) is 4.90 Å². The van der Waals surface area contributed by atoms with Gasteiger partial charge in [-0.05, 0) is 42.8 Å². The molecule has 2 aliphatic rings. The molecule has 1 saturated heterocycles. The molecule has 26 heavy (non-hydrogen) atoms. The van der Waals surface area contributed by atoms with Crippen molar-refractivity contribution in [3.05, 3.63) is 51.7 Å². The fraction of sp³-hybridized carbons (Fsp3) is 0.263. The molecule has 1 aromatic carbocycles. The molecular weight excluding hydrogens is 370 g/mol. The van der Waals surface area contributed by atoms with Gasteiger partial charge in [0.05, 0.1) is 11.3 Å². The van der Waals surface area contributed by atoms with Gasteiger partial charge < -0.3 is 9.80 Å². The molecule has 0 radical (unpaired) electrons. The Labute approximate surface area is 161 Å². The molecular formula is C19H18ClN3O2S. The second kappa shape index (κ2) is 6.87. The van der Waals surface area contributed by atoms with Gasteiger partial charge in [0.1, 0.15) is 5.03 Å². The van der Waals surface area contributed by atoms with Crippen LogP contribution in [0.3, 0.4) is 0 Å². The van der Waals surface area contributed by atoms with E-state index in [1.54, 1.807) is 6.07 Å². The van der Waals surface area contributed by atoms with Crippen molar-refractivity contribution in [1.82, 2.24) is 4.90 Å². The first kappa shape index (κ1) is 17.3. The topological polar surface area (TPSA) is 43.9 Å². The van der Waals surface area contributed by atoms with Crippen LogP contribution in [0.25, 0.3) is 5.57 Å². The summed E-state index contributed by atoms with van der Waals surface area (Å²) in [6, 6.07) is 11.2. The zero-order chi connectivity index (χ0) is 18.3. The number of hydrogen-bond acceptors (Lipinski definition) is 5. The Morgan fingerprint density at radius 2 is 1.58 bits per heavy atom. The number of piperazine rings is 1. The Morgan fingerprint density at radius 1 is 0.923 bits per heavy atom. The van der Waals surface area contributed by atoms with Crippen LogP contribution >= 0.6 is 22.9 Å². The lowest BCUT2D eigenvalue weighted by Gasteiger charge is -2.34. The number of thiophene rings is 1. The molecule has 0 atom stereocenters. The summed E-state index contributed by atoms with van der Waals surface area (Å²) >= 11 is 7.58. The molecule has 0 unspecified atom stereocenters. The number of imide groups is 1. The average Bonchev–Trinajstić information content (AvgIpc) is 3.24. The minimum atomic E-state index is -0.465. The summed E-state index contributed by atoms with van der Waals surface area (Å²) < 4.78 is 0. The number of nitrogens with zero attached hydrogens (tertiary/aromatic N) is 3. The lowest BCUT2D eigenvalue weighted by atomic mass is 10.2. The molecule has 0 aliphatic carbocycles. The van der Waals surface area contributed by atoms with Crippen molar-refractivity contribution in [1.29, 1.82) is 0 Å². The minimum absolute atomic E-state index is 0.0133. The van der Waals surface area contributed by atoms with Gasteiger partial charge in [-0.2, -0.15) is 0 Å². The molecule has 5 nitrogen and oxygen atoms in total. The fourth-order valence-electron chi connectivity index (χ4n) is 3.25. The molecule has 2 aliphatic heterocycles. The fourth-order valence-corrected chi connectivity index (χ4v) is 4.34. The molecule has 134 valence electrons. The molecule has 4 rings (SSSR count). The van der Waals surface area contributed by atoms with Gasteiger partial charge in [0.2, 0.25) is 0 Å². The lowest BCUT2D eigenvalue weighted by molar-refractivity contribution is -0.119. The van der Waals surface area contributed by atoms with Crippen LogP contribution < -0.4 is 9.80 Å². The summed E-state index contributed by atoms with van der Waals surface area (Å²) in [4.78, 5) is 31.8. The van der Waals surface area contributed by atoms with Gasteiger partial charge in [0.15, 0.2) is 0 Å². The van der Waals surface area contributed by atoms with Crippen LogP contribution in [0.15, 0.2) is 46.8 Å². The van der Waals surface area contributed by atoms with Gasteiger partial charge >= 0.3 is 0 Å². The standard InChI is InChI=1S/C19H18ClN3O2S/c1-21-8-10-22(11-9-21)13-4-6-14(7-5-13)23-18(24)16(17(20)19(23)25)15-3-2-12-26-15/h2-7,12H,8-11H2,1H3. The molecule has 3 heterocycles. The summed E-state index contributed by atoms with van der Waals surface area (Å²) in [6.45, 7) is 3.98. The number of anilines is 2. The van der Waals surface area contributed by atoms with Gasteiger partial charge in [-0.15, -0.1) is 11.3 Å². The van der Waals surface area contributed by atoms with Crippen LogP contribution in [-0.2, 0) is 9.59 Å². The van der Waals surface area contributed by atoms with Crippen molar-refractivity contribution in [2.75, 3.05) is 43.0 Å². The summed E-state index contributed by atoms with van der Waals surface area (Å²) in [7, 11) is 2.12. The normalized spacial score (nSPS) is 19.0. The summed E-state index contributed by atoms with van der Waals surface area (Å²) in [5.74, 6) is -0.831.